The Kier molecular flexibility index (Phi) is 5.24. The van der Waals surface area contributed by atoms with Crippen LogP contribution in [0.3, 0.4) is 0 Å². The van der Waals surface area contributed by atoms with Gasteiger partial charge in [0.2, 0.25) is 0 Å². The normalized spacial score (nSPS) is 23.9. The van der Waals surface area contributed by atoms with E-state index in [1.54, 1.807) is 0 Å². The molecule has 0 aromatic heterocycles. The number of hydrogen-bond donors (Lipinski definition) is 1. The van der Waals surface area contributed by atoms with Crippen LogP contribution in [0.5, 0.6) is 0 Å². The summed E-state index contributed by atoms with van der Waals surface area (Å²) in [5.74, 6) is 0.695. The van der Waals surface area contributed by atoms with Crippen molar-refractivity contribution in [3.63, 3.8) is 0 Å². The lowest BCUT2D eigenvalue weighted by Crippen LogP contribution is -2.45. The van der Waals surface area contributed by atoms with E-state index in [-0.39, 0.29) is 6.04 Å². The van der Waals surface area contributed by atoms with Gasteiger partial charge in [-0.2, -0.15) is 5.26 Å². The fourth-order valence-corrected chi connectivity index (χ4v) is 2.60. The largest absolute Gasteiger partial charge is 0.299 e. The van der Waals surface area contributed by atoms with Crippen LogP contribution in [-0.4, -0.2) is 36.1 Å². The Morgan fingerprint density at radius 3 is 2.56 bits per heavy atom. The highest BCUT2D eigenvalue weighted by Crippen LogP contribution is 2.23. The van der Waals surface area contributed by atoms with E-state index >= 15 is 0 Å². The summed E-state index contributed by atoms with van der Waals surface area (Å²) in [7, 11) is 0. The van der Waals surface area contributed by atoms with Crippen molar-refractivity contribution in [2.45, 2.75) is 58.7 Å². The number of nitriles is 1. The van der Waals surface area contributed by atoms with Gasteiger partial charge in [-0.05, 0) is 39.2 Å². The molecule has 2 atom stereocenters. The van der Waals surface area contributed by atoms with Crippen molar-refractivity contribution >= 4 is 0 Å². The second kappa shape index (κ2) is 6.22. The van der Waals surface area contributed by atoms with Crippen molar-refractivity contribution in [3.8, 4) is 6.07 Å². The van der Waals surface area contributed by atoms with Crippen LogP contribution < -0.4 is 5.32 Å². The third kappa shape index (κ3) is 3.77. The summed E-state index contributed by atoms with van der Waals surface area (Å²) in [6.45, 7) is 10.8. The van der Waals surface area contributed by atoms with Crippen molar-refractivity contribution in [3.05, 3.63) is 0 Å². The molecule has 2 unspecified atom stereocenters. The molecule has 1 aliphatic heterocycles. The Balaban J connectivity index is 2.48. The van der Waals surface area contributed by atoms with Gasteiger partial charge in [0.1, 0.15) is 6.04 Å². The molecule has 0 radical (unpaired) electrons. The molecule has 1 saturated heterocycles. The van der Waals surface area contributed by atoms with Gasteiger partial charge in [-0.3, -0.25) is 10.2 Å². The molecule has 1 rings (SSSR count). The minimum absolute atomic E-state index is 0.0284. The first-order valence-electron chi connectivity index (χ1n) is 6.44. The lowest BCUT2D eigenvalue weighted by molar-refractivity contribution is 0.194. The molecule has 1 fully saturated rings. The molecule has 0 saturated carbocycles. The fourth-order valence-electron chi connectivity index (χ4n) is 2.60. The molecule has 3 heteroatoms. The van der Waals surface area contributed by atoms with Crippen molar-refractivity contribution in [1.82, 2.24) is 10.2 Å². The average Bonchev–Trinajstić information content (AvgIpc) is 2.64. The number of likely N-dealkylation sites (tertiary alicyclic amines) is 1. The Labute approximate surface area is 99.8 Å². The number of nitrogens with zero attached hydrogens (tertiary/aromatic N) is 2. The molecule has 1 N–H and O–H groups in total. The van der Waals surface area contributed by atoms with Gasteiger partial charge in [-0.1, -0.05) is 13.8 Å². The van der Waals surface area contributed by atoms with Crippen LogP contribution in [-0.2, 0) is 0 Å². The average molecular weight is 223 g/mol. The summed E-state index contributed by atoms with van der Waals surface area (Å²) < 4.78 is 0. The lowest BCUT2D eigenvalue weighted by atomic mass is 10.0. The van der Waals surface area contributed by atoms with Crippen molar-refractivity contribution in [2.24, 2.45) is 5.92 Å². The fraction of sp³-hybridized carbons (Fsp3) is 0.923. The molecule has 1 aliphatic rings. The molecule has 0 amide bonds. The quantitative estimate of drug-likeness (QED) is 0.775. The molecule has 1 heterocycles. The van der Waals surface area contributed by atoms with Gasteiger partial charge in [0.05, 0.1) is 6.07 Å². The van der Waals surface area contributed by atoms with Crippen LogP contribution >= 0.6 is 0 Å². The summed E-state index contributed by atoms with van der Waals surface area (Å²) >= 11 is 0. The monoisotopic (exact) mass is 223 g/mol. The highest BCUT2D eigenvalue weighted by atomic mass is 15.2. The SMILES string of the molecule is CC(C)NC(C#N)CN1CCCC1C(C)C. The van der Waals surface area contributed by atoms with Gasteiger partial charge < -0.3 is 0 Å². The van der Waals surface area contributed by atoms with Crippen molar-refractivity contribution in [2.75, 3.05) is 13.1 Å². The van der Waals surface area contributed by atoms with Crippen LogP contribution in [0.25, 0.3) is 0 Å². The van der Waals surface area contributed by atoms with Crippen LogP contribution in [0.2, 0.25) is 0 Å². The molecule has 0 aromatic rings. The Morgan fingerprint density at radius 1 is 1.38 bits per heavy atom. The number of hydrogen-bond acceptors (Lipinski definition) is 3. The maximum absolute atomic E-state index is 9.12. The van der Waals surface area contributed by atoms with Gasteiger partial charge in [-0.25, -0.2) is 0 Å². The van der Waals surface area contributed by atoms with Crippen molar-refractivity contribution < 1.29 is 0 Å². The molecule has 92 valence electrons. The van der Waals surface area contributed by atoms with E-state index in [9.17, 15) is 0 Å². The van der Waals surface area contributed by atoms with Gasteiger partial charge in [0.15, 0.2) is 0 Å². The molecule has 16 heavy (non-hydrogen) atoms. The predicted molar refractivity (Wildman–Crippen MR) is 67.1 cm³/mol. The third-order valence-electron chi connectivity index (χ3n) is 3.29. The first kappa shape index (κ1) is 13.5. The van der Waals surface area contributed by atoms with Crippen LogP contribution in [0.4, 0.5) is 0 Å². The maximum Gasteiger partial charge on any atom is 0.108 e. The summed E-state index contributed by atoms with van der Waals surface area (Å²) in [6.07, 6.45) is 2.57. The minimum atomic E-state index is -0.0284. The summed E-state index contributed by atoms with van der Waals surface area (Å²) in [4.78, 5) is 2.48. The minimum Gasteiger partial charge on any atom is -0.299 e. The van der Waals surface area contributed by atoms with Crippen LogP contribution in [0, 0.1) is 17.2 Å². The first-order valence-corrected chi connectivity index (χ1v) is 6.44. The first-order chi connectivity index (χ1) is 7.54. The lowest BCUT2D eigenvalue weighted by Gasteiger charge is -2.29. The Hall–Kier alpha value is -0.590. The van der Waals surface area contributed by atoms with Gasteiger partial charge >= 0.3 is 0 Å². The van der Waals surface area contributed by atoms with E-state index in [0.717, 1.165) is 13.1 Å². The number of rotatable bonds is 5. The maximum atomic E-state index is 9.12. The van der Waals surface area contributed by atoms with E-state index in [4.69, 9.17) is 5.26 Å². The van der Waals surface area contributed by atoms with Crippen LogP contribution in [0.1, 0.15) is 40.5 Å². The standard InChI is InChI=1S/C13H25N3/c1-10(2)13-6-5-7-16(13)9-12(8-14)15-11(3)4/h10-13,15H,5-7,9H2,1-4H3. The second-order valence-corrected chi connectivity index (χ2v) is 5.45. The van der Waals surface area contributed by atoms with Gasteiger partial charge in [0.25, 0.3) is 0 Å². The molecular weight excluding hydrogens is 198 g/mol. The zero-order chi connectivity index (χ0) is 12.1. The highest BCUT2D eigenvalue weighted by Gasteiger charge is 2.28. The van der Waals surface area contributed by atoms with E-state index < -0.39 is 0 Å². The smallest absolute Gasteiger partial charge is 0.108 e. The third-order valence-corrected chi connectivity index (χ3v) is 3.29. The molecule has 0 aromatic carbocycles. The van der Waals surface area contributed by atoms with Gasteiger partial charge in [-0.15, -0.1) is 0 Å². The molecular formula is C13H25N3. The summed E-state index contributed by atoms with van der Waals surface area (Å²) in [5.41, 5.74) is 0. The molecule has 0 bridgehead atoms. The topological polar surface area (TPSA) is 39.1 Å². The summed E-state index contributed by atoms with van der Waals surface area (Å²) in [5, 5.41) is 12.4. The zero-order valence-electron chi connectivity index (χ0n) is 11.0. The van der Waals surface area contributed by atoms with Crippen LogP contribution in [0.15, 0.2) is 0 Å². The van der Waals surface area contributed by atoms with E-state index in [0.29, 0.717) is 18.0 Å². The van der Waals surface area contributed by atoms with E-state index in [2.05, 4.69) is 44.0 Å². The number of nitrogens with one attached hydrogen (secondary N) is 1. The summed E-state index contributed by atoms with van der Waals surface area (Å²) in [6, 6.07) is 3.39. The molecule has 0 spiro atoms. The van der Waals surface area contributed by atoms with E-state index in [1.165, 1.54) is 12.8 Å². The Morgan fingerprint density at radius 2 is 2.06 bits per heavy atom. The second-order valence-electron chi connectivity index (χ2n) is 5.45. The van der Waals surface area contributed by atoms with Crippen molar-refractivity contribution in [1.29, 1.82) is 5.26 Å². The van der Waals surface area contributed by atoms with E-state index in [1.807, 2.05) is 0 Å². The molecule has 0 aliphatic carbocycles. The Bertz CT molecular complexity index is 242. The zero-order valence-corrected chi connectivity index (χ0v) is 11.0. The highest BCUT2D eigenvalue weighted by molar-refractivity contribution is 4.95. The molecule has 3 nitrogen and oxygen atoms in total. The predicted octanol–water partition coefficient (Wildman–Crippen LogP) is 2.00. The van der Waals surface area contributed by atoms with Gasteiger partial charge in [0, 0.05) is 18.6 Å².